The van der Waals surface area contributed by atoms with Crippen LogP contribution in [0, 0.1) is 20.8 Å². The fourth-order valence-electron chi connectivity index (χ4n) is 5.74. The predicted molar refractivity (Wildman–Crippen MR) is 147 cm³/mol. The molecule has 2 aliphatic heterocycles. The van der Waals surface area contributed by atoms with Gasteiger partial charge in [0.1, 0.15) is 0 Å². The van der Waals surface area contributed by atoms with Gasteiger partial charge in [-0.15, -0.1) is 12.4 Å². The summed E-state index contributed by atoms with van der Waals surface area (Å²) in [6.07, 6.45) is 0. The summed E-state index contributed by atoms with van der Waals surface area (Å²) < 4.78 is 0. The molecule has 0 spiro atoms. The molecule has 1 unspecified atom stereocenters. The van der Waals surface area contributed by atoms with Crippen LogP contribution in [0.2, 0.25) is 0 Å². The van der Waals surface area contributed by atoms with Crippen LogP contribution < -0.4 is 4.90 Å². The van der Waals surface area contributed by atoms with Gasteiger partial charge in [-0.2, -0.15) is 0 Å². The first-order valence-corrected chi connectivity index (χ1v) is 12.6. The van der Waals surface area contributed by atoms with Gasteiger partial charge in [-0.3, -0.25) is 0 Å². The Labute approximate surface area is 228 Å². The maximum atomic E-state index is 6.61. The van der Waals surface area contributed by atoms with Gasteiger partial charge in [0.2, 0.25) is 0 Å². The first-order valence-electron chi connectivity index (χ1n) is 12.1. The summed E-state index contributed by atoms with van der Waals surface area (Å²) in [6.45, 7) is 6.53. The molecule has 2 heterocycles. The number of anilines is 2. The number of nitrogens with zero attached hydrogens (tertiary/aromatic N) is 3. The number of aryl methyl sites for hydroxylation is 3. The molecule has 0 fully saturated rings. The molecule has 3 nitrogen and oxygen atoms in total. The van der Waals surface area contributed by atoms with Crippen molar-refractivity contribution in [1.29, 1.82) is 0 Å². The minimum absolute atomic E-state index is 0. The van der Waals surface area contributed by atoms with Gasteiger partial charge in [0.15, 0.2) is 0 Å². The zero-order valence-corrected chi connectivity index (χ0v) is 22.3. The van der Waals surface area contributed by atoms with Crippen LogP contribution in [-0.4, -0.2) is 15.8 Å². The number of rotatable bonds is 3. The summed E-state index contributed by atoms with van der Waals surface area (Å²) >= 11 is 6.61. The second-order valence-corrected chi connectivity index (χ2v) is 9.96. The zero-order chi connectivity index (χ0) is 24.1. The number of benzene rings is 4. The summed E-state index contributed by atoms with van der Waals surface area (Å²) in [4.78, 5) is 10.1. The summed E-state index contributed by atoms with van der Waals surface area (Å²) in [6, 6.07) is 34.3. The van der Waals surface area contributed by atoms with Crippen molar-refractivity contribution >= 4 is 29.6 Å². The second-order valence-electron chi connectivity index (χ2n) is 9.48. The third-order valence-electron chi connectivity index (χ3n) is 7.07. The van der Waals surface area contributed by atoms with Gasteiger partial charge in [-0.1, -0.05) is 0 Å². The molecular weight excluding hydrogens is 513 g/mol. The molecule has 4 aromatic carbocycles. The number of hydrogen-bond donors (Lipinski definition) is 0. The quantitative estimate of drug-likeness (QED) is 0.249. The zero-order valence-electron chi connectivity index (χ0n) is 20.5. The second kappa shape index (κ2) is 9.78. The van der Waals surface area contributed by atoms with Crippen molar-refractivity contribution in [2.45, 2.75) is 37.9 Å². The van der Waals surface area contributed by atoms with Gasteiger partial charge in [-0.25, -0.2) is 0 Å². The summed E-state index contributed by atoms with van der Waals surface area (Å²) in [5.41, 5.74) is 9.60. The normalized spacial score (nSPS) is 20.4. The number of halogens is 1. The van der Waals surface area contributed by atoms with Crippen LogP contribution in [-0.2, 0) is 16.0 Å². The Bertz CT molecular complexity index is 1400. The van der Waals surface area contributed by atoms with E-state index in [0.29, 0.717) is 0 Å². The molecule has 5 heteroatoms. The van der Waals surface area contributed by atoms with E-state index in [1.165, 1.54) is 33.5 Å². The van der Waals surface area contributed by atoms with E-state index >= 15 is 0 Å². The van der Waals surface area contributed by atoms with E-state index in [4.69, 9.17) is 21.0 Å². The molecule has 0 N–H and O–H groups in total. The molecule has 0 aliphatic carbocycles. The molecule has 0 radical (unpaired) electrons. The molecule has 0 saturated heterocycles. The molecule has 0 bridgehead atoms. The summed E-state index contributed by atoms with van der Waals surface area (Å²) in [7, 11) is 0. The Hall–Kier alpha value is -3.04. The van der Waals surface area contributed by atoms with Gasteiger partial charge in [-0.05, 0) is 0 Å². The van der Waals surface area contributed by atoms with Crippen molar-refractivity contribution in [3.8, 4) is 0 Å². The average Bonchev–Trinajstić information content (AvgIpc) is 3.28. The Kier molecular flexibility index (Phi) is 6.70. The fraction of sp³-hybridized carbons (Fsp3) is 0.194. The first kappa shape index (κ1) is 24.6. The number of hydrogen-bond acceptors (Lipinski definition) is 3. The molecule has 0 aromatic heterocycles. The van der Waals surface area contributed by atoms with Gasteiger partial charge in [0.25, 0.3) is 0 Å². The third kappa shape index (κ3) is 3.94. The molecule has 3 atom stereocenters. The van der Waals surface area contributed by atoms with Crippen LogP contribution in [0.3, 0.4) is 0 Å². The van der Waals surface area contributed by atoms with Gasteiger partial charge >= 0.3 is 216 Å². The van der Waals surface area contributed by atoms with Gasteiger partial charge in [0.05, 0.1) is 0 Å². The van der Waals surface area contributed by atoms with E-state index in [9.17, 15) is 0 Å². The van der Waals surface area contributed by atoms with Crippen LogP contribution in [0.4, 0.5) is 11.4 Å². The van der Waals surface area contributed by atoms with Crippen LogP contribution in [0.25, 0.3) is 0 Å². The smallest absolute Gasteiger partial charge is 0.147 e. The molecule has 4 aromatic rings. The van der Waals surface area contributed by atoms with Crippen LogP contribution in [0.5, 0.6) is 0 Å². The van der Waals surface area contributed by atoms with Crippen molar-refractivity contribution in [3.63, 3.8) is 0 Å². The molecular formula is C31H29ClCuN3. The Balaban J connectivity index is 0.00000267. The molecule has 6 rings (SSSR count). The average molecular weight is 543 g/mol. The number of aliphatic imine (C=N–C) groups is 1. The van der Waals surface area contributed by atoms with Crippen molar-refractivity contribution in [3.05, 3.63) is 130 Å². The molecule has 186 valence electrons. The van der Waals surface area contributed by atoms with E-state index in [-0.39, 0.29) is 29.6 Å². The summed E-state index contributed by atoms with van der Waals surface area (Å²) in [5, 5.41) is -0.338. The fourth-order valence-corrected chi connectivity index (χ4v) is 6.26. The Morgan fingerprint density at radius 3 is 1.92 bits per heavy atom. The largest absolute Gasteiger partial charge is 0.147 e. The van der Waals surface area contributed by atoms with E-state index < -0.39 is 0 Å². The standard InChI is InChI=1S/C31H28N3.ClH.Cu/c1-21-18-22(2)29(23(3)19-21)33-20-34-30(25-14-8-5-9-15-25)28(24-12-6-4-7-13-24)32-31(34)26-16-10-11-17-27(26)33;;/h4-20,28,30H,1-3H3;1H;/t28-,30-;;/m0../s1. The minimum atomic E-state index is -0.338. The van der Waals surface area contributed by atoms with Crippen molar-refractivity contribution in [1.82, 2.24) is 4.90 Å². The predicted octanol–water partition coefficient (Wildman–Crippen LogP) is 7.56. The molecule has 0 saturated carbocycles. The van der Waals surface area contributed by atoms with Crippen molar-refractivity contribution in [2.75, 3.05) is 4.90 Å². The maximum absolute atomic E-state index is 6.61. The molecule has 0 amide bonds. The van der Waals surface area contributed by atoms with E-state index in [2.05, 4.69) is 128 Å². The number of fused-ring (bicyclic) bond motifs is 3. The molecule has 2 aliphatic rings. The van der Waals surface area contributed by atoms with Crippen molar-refractivity contribution < 1.29 is 16.0 Å². The first-order chi connectivity index (χ1) is 17.0. The van der Waals surface area contributed by atoms with E-state index in [0.717, 1.165) is 17.1 Å². The Morgan fingerprint density at radius 2 is 1.28 bits per heavy atom. The van der Waals surface area contributed by atoms with Crippen LogP contribution in [0.15, 0.2) is 102 Å². The van der Waals surface area contributed by atoms with E-state index in [1.54, 1.807) is 0 Å². The number of para-hydroxylation sites is 1. The van der Waals surface area contributed by atoms with Crippen LogP contribution in [0.1, 0.15) is 45.5 Å². The summed E-state index contributed by atoms with van der Waals surface area (Å²) in [5.74, 6) is 0.983. The third-order valence-corrected chi connectivity index (χ3v) is 7.57. The van der Waals surface area contributed by atoms with E-state index in [1.807, 2.05) is 0 Å². The Morgan fingerprint density at radius 1 is 0.722 bits per heavy atom. The number of amidine groups is 1. The van der Waals surface area contributed by atoms with Crippen LogP contribution >= 0.6 is 12.4 Å². The SMILES string of the molecule is Cc1cc(C)c(N2c3ccccc3C3=N[C@@H](c4ccccc4)[C@H](c4ccccc4)N3[CH]2[Cu])c(C)c1.Cl. The van der Waals surface area contributed by atoms with Gasteiger partial charge < -0.3 is 0 Å². The minimum Gasteiger partial charge on any atom is -0.147 e. The van der Waals surface area contributed by atoms with Crippen molar-refractivity contribution in [2.24, 2.45) is 4.99 Å². The molecule has 36 heavy (non-hydrogen) atoms. The van der Waals surface area contributed by atoms with Gasteiger partial charge in [0, 0.05) is 0 Å². The topological polar surface area (TPSA) is 18.8 Å². The monoisotopic (exact) mass is 541 g/mol. The maximum Gasteiger partial charge on any atom is -0.147 e.